The van der Waals surface area contributed by atoms with Crippen LogP contribution in [0.15, 0.2) is 261 Å². The first-order valence-electron chi connectivity index (χ1n) is 23.2. The van der Waals surface area contributed by atoms with E-state index in [0.717, 1.165) is 118 Å². The molecule has 5 heteroatoms. The second-order valence-corrected chi connectivity index (χ2v) is 17.1. The van der Waals surface area contributed by atoms with E-state index in [-0.39, 0.29) is 0 Å². The number of aromatic nitrogens is 4. The van der Waals surface area contributed by atoms with Crippen LogP contribution >= 0.6 is 0 Å². The van der Waals surface area contributed by atoms with Gasteiger partial charge in [0.05, 0.1) is 44.8 Å². The second-order valence-electron chi connectivity index (χ2n) is 17.1. The summed E-state index contributed by atoms with van der Waals surface area (Å²) in [6.45, 7) is 0. The highest BCUT2D eigenvalue weighted by Crippen LogP contribution is 2.41. The molecule has 0 radical (unpaired) electrons. The van der Waals surface area contributed by atoms with Crippen molar-refractivity contribution in [2.45, 2.75) is 0 Å². The summed E-state index contributed by atoms with van der Waals surface area (Å²) in [4.78, 5) is 23.1. The zero-order chi connectivity index (χ0) is 45.9. The third-order valence-electron chi connectivity index (χ3n) is 12.6. The Balaban J connectivity index is 0.966. The van der Waals surface area contributed by atoms with Crippen molar-refractivity contribution in [3.63, 3.8) is 0 Å². The summed E-state index contributed by atoms with van der Waals surface area (Å²) in [5.74, 6) is 0. The number of para-hydroxylation sites is 4. The molecule has 0 fully saturated rings. The number of fused-ring (bicyclic) bond motifs is 2. The second kappa shape index (κ2) is 18.2. The maximum Gasteiger partial charge on any atom is 0.0973 e. The number of hydrogen-bond donors (Lipinski definition) is 0. The molecule has 5 nitrogen and oxygen atoms in total. The molecule has 10 aromatic carbocycles. The molecule has 0 aliphatic rings. The minimum Gasteiger partial charge on any atom is -0.310 e. The van der Waals surface area contributed by atoms with Crippen molar-refractivity contribution in [3.8, 4) is 78.4 Å². The van der Waals surface area contributed by atoms with Crippen molar-refractivity contribution < 1.29 is 0 Å². The molecular formula is C64H43N5. The van der Waals surface area contributed by atoms with E-state index in [1.165, 1.54) is 0 Å². The lowest BCUT2D eigenvalue weighted by Crippen LogP contribution is -2.10. The van der Waals surface area contributed by atoms with Crippen LogP contribution in [0.1, 0.15) is 0 Å². The Morgan fingerprint density at radius 2 is 0.435 bits per heavy atom. The smallest absolute Gasteiger partial charge is 0.0973 e. The summed E-state index contributed by atoms with van der Waals surface area (Å²) < 4.78 is 0. The topological polar surface area (TPSA) is 54.8 Å². The Bertz CT molecular complexity index is 3590. The van der Waals surface area contributed by atoms with Crippen LogP contribution in [0.25, 0.3) is 100 Å². The zero-order valence-electron chi connectivity index (χ0n) is 37.6. The number of benzene rings is 10. The first kappa shape index (κ1) is 41.1. The van der Waals surface area contributed by atoms with Crippen molar-refractivity contribution in [1.29, 1.82) is 0 Å². The molecule has 2 heterocycles. The molecule has 324 valence electrons. The highest BCUT2D eigenvalue weighted by atomic mass is 15.1. The third-order valence-corrected chi connectivity index (χ3v) is 12.6. The fraction of sp³-hybridized carbons (Fsp3) is 0. The summed E-state index contributed by atoms with van der Waals surface area (Å²) in [6.07, 6.45) is 0. The largest absolute Gasteiger partial charge is 0.310 e. The van der Waals surface area contributed by atoms with Gasteiger partial charge in [0.15, 0.2) is 0 Å². The first-order valence-corrected chi connectivity index (χ1v) is 23.2. The third kappa shape index (κ3) is 8.30. The predicted molar refractivity (Wildman–Crippen MR) is 285 cm³/mol. The lowest BCUT2D eigenvalue weighted by molar-refractivity contribution is 1.28. The van der Waals surface area contributed by atoms with Crippen molar-refractivity contribution in [2.24, 2.45) is 0 Å². The van der Waals surface area contributed by atoms with Crippen LogP contribution in [0.4, 0.5) is 17.1 Å². The molecule has 0 atom stereocenters. The molecule has 69 heavy (non-hydrogen) atoms. The maximum atomic E-state index is 5.22. The van der Waals surface area contributed by atoms with Crippen LogP contribution in [0.2, 0.25) is 0 Å². The summed E-state index contributed by atoms with van der Waals surface area (Å²) >= 11 is 0. The number of anilines is 3. The van der Waals surface area contributed by atoms with Crippen LogP contribution in [0, 0.1) is 0 Å². The zero-order valence-corrected chi connectivity index (χ0v) is 37.6. The van der Waals surface area contributed by atoms with Gasteiger partial charge in [0, 0.05) is 39.3 Å². The molecule has 12 aromatic rings. The van der Waals surface area contributed by atoms with Gasteiger partial charge in [-0.1, -0.05) is 188 Å². The molecule has 0 spiro atoms. The van der Waals surface area contributed by atoms with E-state index in [1.54, 1.807) is 0 Å². The molecule has 12 rings (SSSR count). The molecule has 0 unspecified atom stereocenters. The van der Waals surface area contributed by atoms with Gasteiger partial charge in [0.2, 0.25) is 0 Å². The van der Waals surface area contributed by atoms with Gasteiger partial charge >= 0.3 is 0 Å². The molecule has 0 bridgehead atoms. The van der Waals surface area contributed by atoms with Gasteiger partial charge in [-0.2, -0.15) is 0 Å². The van der Waals surface area contributed by atoms with Crippen molar-refractivity contribution in [3.05, 3.63) is 261 Å². The van der Waals surface area contributed by atoms with E-state index in [4.69, 9.17) is 19.9 Å². The molecule has 0 amide bonds. The minimum absolute atomic E-state index is 0.849. The Morgan fingerprint density at radius 1 is 0.188 bits per heavy atom. The van der Waals surface area contributed by atoms with Crippen LogP contribution in [0.5, 0.6) is 0 Å². The van der Waals surface area contributed by atoms with Crippen LogP contribution in [0.3, 0.4) is 0 Å². The van der Waals surface area contributed by atoms with E-state index < -0.39 is 0 Å². The Kier molecular flexibility index (Phi) is 10.8. The van der Waals surface area contributed by atoms with Gasteiger partial charge in [-0.3, -0.25) is 0 Å². The Labute approximate surface area is 401 Å². The highest BCUT2D eigenvalue weighted by Gasteiger charge is 2.19. The van der Waals surface area contributed by atoms with Crippen molar-refractivity contribution in [2.75, 3.05) is 4.90 Å². The predicted octanol–water partition coefficient (Wildman–Crippen LogP) is 16.7. The van der Waals surface area contributed by atoms with Gasteiger partial charge < -0.3 is 4.90 Å². The fourth-order valence-corrected chi connectivity index (χ4v) is 9.24. The van der Waals surface area contributed by atoms with E-state index in [0.29, 0.717) is 0 Å². The number of nitrogens with zero attached hydrogens (tertiary/aromatic N) is 5. The van der Waals surface area contributed by atoms with Crippen LogP contribution in [-0.4, -0.2) is 19.9 Å². The van der Waals surface area contributed by atoms with Gasteiger partial charge in [0.25, 0.3) is 0 Å². The molecule has 0 aliphatic carbocycles. The SMILES string of the molecule is c1ccc(-c2cccc(N(c3cccc(-c4cccc(-c5nc6ccccc6nc5-c5ccccc5)c4)c3)c3cccc(-c4cccc(-c5nc6ccccc6nc5-c5ccccc5)c4)c3)c2)cc1. The maximum absolute atomic E-state index is 5.22. The van der Waals surface area contributed by atoms with E-state index in [2.05, 4.69) is 205 Å². The lowest BCUT2D eigenvalue weighted by atomic mass is 9.97. The molecule has 0 aliphatic heterocycles. The molecular weight excluding hydrogens is 839 g/mol. The number of hydrogen-bond acceptors (Lipinski definition) is 5. The fourth-order valence-electron chi connectivity index (χ4n) is 9.24. The summed E-state index contributed by atoms with van der Waals surface area (Å²) in [5, 5.41) is 0. The van der Waals surface area contributed by atoms with E-state index in [9.17, 15) is 0 Å². The quantitative estimate of drug-likeness (QED) is 0.137. The van der Waals surface area contributed by atoms with Crippen molar-refractivity contribution >= 4 is 39.1 Å². The van der Waals surface area contributed by atoms with Crippen molar-refractivity contribution in [1.82, 2.24) is 19.9 Å². The van der Waals surface area contributed by atoms with E-state index in [1.807, 2.05) is 60.7 Å². The number of rotatable bonds is 10. The average molecular weight is 882 g/mol. The van der Waals surface area contributed by atoms with Gasteiger partial charge in [-0.25, -0.2) is 19.9 Å². The van der Waals surface area contributed by atoms with Gasteiger partial charge in [-0.05, 0) is 106 Å². The Hall–Kier alpha value is -9.32. The standard InChI is InChI=1S/C64H43N5/c1-4-19-44(20-5-1)49-27-16-32-54(41-49)69(55-33-17-28-50(42-55)47-25-14-30-52(39-47)63-61(45-21-6-2-7-22-45)65-57-35-10-12-37-59(57)67-63)56-34-18-29-51(43-56)48-26-15-31-53(40-48)64-62(46-23-8-3-9-24-46)66-58-36-11-13-38-60(58)68-64/h1-43H. The lowest BCUT2D eigenvalue weighted by Gasteiger charge is -2.27. The first-order chi connectivity index (χ1) is 34.2. The molecule has 2 aromatic heterocycles. The molecule has 0 N–H and O–H groups in total. The molecule has 0 saturated heterocycles. The van der Waals surface area contributed by atoms with Crippen LogP contribution < -0.4 is 4.90 Å². The summed E-state index contributed by atoms with van der Waals surface area (Å²) in [6, 6.07) is 91.2. The normalized spacial score (nSPS) is 11.2. The van der Waals surface area contributed by atoms with Gasteiger partial charge in [-0.15, -0.1) is 0 Å². The molecule has 0 saturated carbocycles. The van der Waals surface area contributed by atoms with E-state index >= 15 is 0 Å². The Morgan fingerprint density at radius 3 is 0.797 bits per heavy atom. The highest BCUT2D eigenvalue weighted by molar-refractivity contribution is 5.90. The minimum atomic E-state index is 0.849. The summed E-state index contributed by atoms with van der Waals surface area (Å²) in [7, 11) is 0. The monoisotopic (exact) mass is 881 g/mol. The van der Waals surface area contributed by atoms with Gasteiger partial charge in [0.1, 0.15) is 0 Å². The average Bonchev–Trinajstić information content (AvgIpc) is 3.43. The van der Waals surface area contributed by atoms with Crippen LogP contribution in [-0.2, 0) is 0 Å². The summed E-state index contributed by atoms with van der Waals surface area (Å²) in [5.41, 5.74) is 20.7.